The van der Waals surface area contributed by atoms with Gasteiger partial charge in [0.1, 0.15) is 0 Å². The van der Waals surface area contributed by atoms with Crippen molar-refractivity contribution >= 4 is 11.4 Å². The minimum atomic E-state index is 0.689. The van der Waals surface area contributed by atoms with Crippen LogP contribution in [0.3, 0.4) is 0 Å². The third-order valence-electron chi connectivity index (χ3n) is 5.07. The van der Waals surface area contributed by atoms with Crippen molar-refractivity contribution in [3.8, 4) is 0 Å². The predicted octanol–water partition coefficient (Wildman–Crippen LogP) is 3.85. The van der Waals surface area contributed by atoms with Crippen molar-refractivity contribution in [1.82, 2.24) is 5.32 Å². The molecular weight excluding hydrogens is 282 g/mol. The van der Waals surface area contributed by atoms with Gasteiger partial charge >= 0.3 is 0 Å². The van der Waals surface area contributed by atoms with E-state index in [0.29, 0.717) is 5.92 Å². The first kappa shape index (κ1) is 14.6. The van der Waals surface area contributed by atoms with Crippen LogP contribution in [0, 0.1) is 6.92 Å². The summed E-state index contributed by atoms with van der Waals surface area (Å²) in [4.78, 5) is 2.46. The van der Waals surface area contributed by atoms with Gasteiger partial charge in [0.15, 0.2) is 0 Å². The molecule has 0 spiro atoms. The fraction of sp³-hybridized carbons (Fsp3) is 0.400. The summed E-state index contributed by atoms with van der Waals surface area (Å²) in [5, 5.41) is 7.15. The number of benzene rings is 2. The van der Waals surface area contributed by atoms with E-state index < -0.39 is 0 Å². The summed E-state index contributed by atoms with van der Waals surface area (Å²) in [6.07, 6.45) is 2.49. The molecule has 2 heterocycles. The molecule has 0 aromatic heterocycles. The van der Waals surface area contributed by atoms with Gasteiger partial charge in [-0.15, -0.1) is 0 Å². The number of fused-ring (bicyclic) bond motifs is 1. The van der Waals surface area contributed by atoms with Crippen LogP contribution in [-0.2, 0) is 6.54 Å². The molecule has 2 N–H and O–H groups in total. The third kappa shape index (κ3) is 2.93. The molecule has 0 amide bonds. The Morgan fingerprint density at radius 2 is 1.87 bits per heavy atom. The molecule has 23 heavy (non-hydrogen) atoms. The van der Waals surface area contributed by atoms with Crippen LogP contribution >= 0.6 is 0 Å². The number of hydrogen-bond donors (Lipinski definition) is 2. The molecular formula is C20H25N3. The molecule has 3 heteroatoms. The average Bonchev–Trinajstić information content (AvgIpc) is 2.99. The summed E-state index contributed by atoms with van der Waals surface area (Å²) >= 11 is 0. The first-order chi connectivity index (χ1) is 11.3. The second-order valence-corrected chi connectivity index (χ2v) is 6.79. The van der Waals surface area contributed by atoms with Gasteiger partial charge in [-0.1, -0.05) is 36.4 Å². The van der Waals surface area contributed by atoms with Crippen molar-refractivity contribution < 1.29 is 0 Å². The molecule has 0 radical (unpaired) electrons. The minimum absolute atomic E-state index is 0.689. The topological polar surface area (TPSA) is 27.3 Å². The summed E-state index contributed by atoms with van der Waals surface area (Å²) < 4.78 is 0. The van der Waals surface area contributed by atoms with E-state index in [1.54, 1.807) is 0 Å². The van der Waals surface area contributed by atoms with Crippen molar-refractivity contribution in [2.24, 2.45) is 0 Å². The molecule has 0 aliphatic carbocycles. The van der Waals surface area contributed by atoms with Crippen molar-refractivity contribution in [1.29, 1.82) is 0 Å². The molecule has 0 unspecified atom stereocenters. The quantitative estimate of drug-likeness (QED) is 0.902. The summed E-state index contributed by atoms with van der Waals surface area (Å²) in [6.45, 7) is 6.38. The highest BCUT2D eigenvalue weighted by Crippen LogP contribution is 2.42. The van der Waals surface area contributed by atoms with Gasteiger partial charge in [-0.05, 0) is 61.5 Å². The molecule has 2 aliphatic heterocycles. The molecule has 3 nitrogen and oxygen atoms in total. The van der Waals surface area contributed by atoms with Gasteiger partial charge in [0.25, 0.3) is 0 Å². The van der Waals surface area contributed by atoms with Gasteiger partial charge in [0, 0.05) is 6.54 Å². The van der Waals surface area contributed by atoms with E-state index in [-0.39, 0.29) is 0 Å². The zero-order valence-corrected chi connectivity index (χ0v) is 13.8. The zero-order valence-electron chi connectivity index (χ0n) is 13.8. The van der Waals surface area contributed by atoms with Crippen molar-refractivity contribution in [2.75, 3.05) is 30.0 Å². The van der Waals surface area contributed by atoms with Crippen LogP contribution < -0.4 is 15.5 Å². The molecule has 2 aliphatic rings. The number of aryl methyl sites for hydroxylation is 1. The van der Waals surface area contributed by atoms with E-state index in [0.717, 1.165) is 26.3 Å². The van der Waals surface area contributed by atoms with E-state index >= 15 is 0 Å². The molecule has 2 aromatic carbocycles. The molecule has 0 atom stereocenters. The van der Waals surface area contributed by atoms with Crippen LogP contribution in [0.2, 0.25) is 0 Å². The van der Waals surface area contributed by atoms with Gasteiger partial charge in [-0.2, -0.15) is 0 Å². The molecule has 0 saturated carbocycles. The predicted molar refractivity (Wildman–Crippen MR) is 97.1 cm³/mol. The number of hydrogen-bond acceptors (Lipinski definition) is 3. The Bertz CT molecular complexity index is 675. The van der Waals surface area contributed by atoms with Crippen LogP contribution in [-0.4, -0.2) is 19.8 Å². The van der Waals surface area contributed by atoms with Crippen LogP contribution in [0.5, 0.6) is 0 Å². The Morgan fingerprint density at radius 1 is 1.09 bits per heavy atom. The van der Waals surface area contributed by atoms with Gasteiger partial charge in [0.05, 0.1) is 18.0 Å². The largest absolute Gasteiger partial charge is 0.366 e. The Hall–Kier alpha value is -2.00. The lowest BCUT2D eigenvalue weighted by molar-refractivity contribution is 0.461. The Morgan fingerprint density at radius 3 is 2.65 bits per heavy atom. The maximum atomic E-state index is 3.67. The first-order valence-corrected chi connectivity index (χ1v) is 8.69. The molecule has 1 saturated heterocycles. The van der Waals surface area contributed by atoms with E-state index in [4.69, 9.17) is 0 Å². The van der Waals surface area contributed by atoms with E-state index in [1.165, 1.54) is 40.9 Å². The fourth-order valence-corrected chi connectivity index (χ4v) is 3.90. The molecule has 2 aromatic rings. The summed E-state index contributed by atoms with van der Waals surface area (Å²) in [5.41, 5.74) is 7.02. The fourth-order valence-electron chi connectivity index (χ4n) is 3.90. The lowest BCUT2D eigenvalue weighted by Crippen LogP contribution is -2.26. The van der Waals surface area contributed by atoms with Crippen LogP contribution in [0.4, 0.5) is 11.4 Å². The normalized spacial score (nSPS) is 17.9. The number of nitrogens with one attached hydrogen (secondary N) is 2. The van der Waals surface area contributed by atoms with Crippen LogP contribution in [0.15, 0.2) is 42.5 Å². The standard InChI is InChI=1S/C20H25N3/c1-15-11-18(17-7-9-21-10-8-17)20-19(12-15)23(14-22-20)13-16-5-3-2-4-6-16/h2-6,11-12,17,21-22H,7-10,13-14H2,1H3. The Balaban J connectivity index is 1.64. The SMILES string of the molecule is Cc1cc(C2CCNCC2)c2c(c1)N(Cc1ccccc1)CN2. The van der Waals surface area contributed by atoms with Gasteiger partial charge < -0.3 is 15.5 Å². The average molecular weight is 307 g/mol. The van der Waals surface area contributed by atoms with Crippen molar-refractivity contribution in [3.63, 3.8) is 0 Å². The highest BCUT2D eigenvalue weighted by Gasteiger charge is 2.26. The number of nitrogens with zero attached hydrogens (tertiary/aromatic N) is 1. The first-order valence-electron chi connectivity index (χ1n) is 8.69. The van der Waals surface area contributed by atoms with Crippen LogP contribution in [0.25, 0.3) is 0 Å². The van der Waals surface area contributed by atoms with Crippen molar-refractivity contribution in [3.05, 3.63) is 59.2 Å². The van der Waals surface area contributed by atoms with Crippen LogP contribution in [0.1, 0.15) is 35.4 Å². The lowest BCUT2D eigenvalue weighted by Gasteiger charge is -2.26. The van der Waals surface area contributed by atoms with E-state index in [1.807, 2.05) is 0 Å². The number of anilines is 2. The molecule has 0 bridgehead atoms. The third-order valence-corrected chi connectivity index (χ3v) is 5.07. The Labute approximate surface area is 138 Å². The smallest absolute Gasteiger partial charge is 0.0881 e. The minimum Gasteiger partial charge on any atom is -0.366 e. The highest BCUT2D eigenvalue weighted by atomic mass is 15.3. The van der Waals surface area contributed by atoms with Gasteiger partial charge in [-0.25, -0.2) is 0 Å². The summed E-state index contributed by atoms with van der Waals surface area (Å²) in [7, 11) is 0. The monoisotopic (exact) mass is 307 g/mol. The van der Waals surface area contributed by atoms with E-state index in [9.17, 15) is 0 Å². The Kier molecular flexibility index (Phi) is 3.96. The molecule has 4 rings (SSSR count). The molecule has 1 fully saturated rings. The number of rotatable bonds is 3. The lowest BCUT2D eigenvalue weighted by atomic mass is 9.87. The second kappa shape index (κ2) is 6.25. The second-order valence-electron chi connectivity index (χ2n) is 6.79. The van der Waals surface area contributed by atoms with Crippen molar-refractivity contribution in [2.45, 2.75) is 32.2 Å². The summed E-state index contributed by atoms with van der Waals surface area (Å²) in [5.74, 6) is 0.689. The highest BCUT2D eigenvalue weighted by molar-refractivity contribution is 5.79. The number of piperidine rings is 1. The van der Waals surface area contributed by atoms with Gasteiger partial charge in [0.2, 0.25) is 0 Å². The molecule has 120 valence electrons. The summed E-state index contributed by atoms with van der Waals surface area (Å²) in [6, 6.07) is 15.5. The van der Waals surface area contributed by atoms with Gasteiger partial charge in [-0.3, -0.25) is 0 Å². The van der Waals surface area contributed by atoms with E-state index in [2.05, 4.69) is 64.9 Å². The maximum Gasteiger partial charge on any atom is 0.0881 e. The maximum absolute atomic E-state index is 3.67. The zero-order chi connectivity index (χ0) is 15.6.